The van der Waals surface area contributed by atoms with Gasteiger partial charge in [0.2, 0.25) is 0 Å². The average Bonchev–Trinajstić information content (AvgIpc) is 2.28. The average molecular weight is 261 g/mol. The van der Waals surface area contributed by atoms with Crippen LogP contribution in [0.2, 0.25) is 0 Å². The van der Waals surface area contributed by atoms with Crippen molar-refractivity contribution < 1.29 is 17.2 Å². The summed E-state index contributed by atoms with van der Waals surface area (Å²) >= 11 is 0. The number of nitrogens with zero attached hydrogens (tertiary/aromatic N) is 3. The first-order valence-corrected chi connectivity index (χ1v) is 6.31. The van der Waals surface area contributed by atoms with Gasteiger partial charge in [-0.15, -0.1) is 0 Å². The second kappa shape index (κ2) is 5.60. The van der Waals surface area contributed by atoms with Crippen LogP contribution in [0.25, 0.3) is 10.4 Å². The van der Waals surface area contributed by atoms with Crippen molar-refractivity contribution in [3.8, 4) is 0 Å². The van der Waals surface area contributed by atoms with Gasteiger partial charge in [-0.25, -0.2) is 17.2 Å². The molecule has 0 aliphatic carbocycles. The Hall–Kier alpha value is -1.66. The van der Waals surface area contributed by atoms with Gasteiger partial charge in [0, 0.05) is 11.5 Å². The summed E-state index contributed by atoms with van der Waals surface area (Å²) in [6, 6.07) is 2.24. The Morgan fingerprint density at radius 1 is 1.35 bits per heavy atom. The summed E-state index contributed by atoms with van der Waals surface area (Å²) in [6.07, 6.45) is 0.0579. The molecule has 0 spiro atoms. The van der Waals surface area contributed by atoms with Crippen molar-refractivity contribution in [2.45, 2.75) is 11.3 Å². The first-order chi connectivity index (χ1) is 7.97. The van der Waals surface area contributed by atoms with Crippen molar-refractivity contribution >= 4 is 9.84 Å². The van der Waals surface area contributed by atoms with Crippen LogP contribution in [0.5, 0.6) is 0 Å². The normalized spacial score (nSPS) is 10.9. The maximum absolute atomic E-state index is 13.2. The van der Waals surface area contributed by atoms with Crippen LogP contribution in [-0.2, 0) is 9.84 Å². The predicted octanol–water partition coefficient (Wildman–Crippen LogP) is 2.44. The van der Waals surface area contributed by atoms with Gasteiger partial charge in [0.05, 0.1) is 5.75 Å². The molecule has 0 saturated heterocycles. The molecule has 5 nitrogen and oxygen atoms in total. The summed E-state index contributed by atoms with van der Waals surface area (Å²) < 4.78 is 49.3. The quantitative estimate of drug-likeness (QED) is 0.353. The van der Waals surface area contributed by atoms with Gasteiger partial charge in [0.15, 0.2) is 9.84 Å². The molecule has 0 atom stereocenters. The summed E-state index contributed by atoms with van der Waals surface area (Å²) in [5, 5.41) is 3.16. The highest BCUT2D eigenvalue weighted by Crippen LogP contribution is 2.17. The van der Waals surface area contributed by atoms with E-state index in [1.54, 1.807) is 0 Å². The molecule has 0 bridgehead atoms. The van der Waals surface area contributed by atoms with E-state index in [2.05, 4.69) is 10.0 Å². The Labute approximate surface area is 96.6 Å². The van der Waals surface area contributed by atoms with Crippen LogP contribution in [0.1, 0.15) is 6.42 Å². The van der Waals surface area contributed by atoms with Gasteiger partial charge in [-0.05, 0) is 30.2 Å². The Balaban J connectivity index is 2.89. The summed E-state index contributed by atoms with van der Waals surface area (Å²) in [7, 11) is -3.89. The third kappa shape index (κ3) is 3.69. The molecule has 0 aliphatic rings. The second-order valence-corrected chi connectivity index (χ2v) is 5.28. The van der Waals surface area contributed by atoms with Gasteiger partial charge in [0.25, 0.3) is 0 Å². The maximum Gasteiger partial charge on any atom is 0.181 e. The van der Waals surface area contributed by atoms with Crippen LogP contribution in [0.4, 0.5) is 8.78 Å². The fourth-order valence-electron chi connectivity index (χ4n) is 1.20. The summed E-state index contributed by atoms with van der Waals surface area (Å²) in [5.41, 5.74) is 7.99. The van der Waals surface area contributed by atoms with E-state index in [9.17, 15) is 17.2 Å². The topological polar surface area (TPSA) is 82.9 Å². The minimum atomic E-state index is -3.89. The minimum Gasteiger partial charge on any atom is -0.224 e. The number of halogens is 2. The molecule has 0 fully saturated rings. The van der Waals surface area contributed by atoms with Crippen molar-refractivity contribution in [2.24, 2.45) is 5.11 Å². The monoisotopic (exact) mass is 261 g/mol. The Morgan fingerprint density at radius 2 is 2.06 bits per heavy atom. The fraction of sp³-hybridized carbons (Fsp3) is 0.333. The summed E-state index contributed by atoms with van der Waals surface area (Å²) in [6.45, 7) is -0.00728. The molecule has 0 heterocycles. The zero-order chi connectivity index (χ0) is 12.9. The largest absolute Gasteiger partial charge is 0.224 e. The zero-order valence-corrected chi connectivity index (χ0v) is 9.49. The number of benzene rings is 1. The molecule has 0 saturated carbocycles. The van der Waals surface area contributed by atoms with Crippen molar-refractivity contribution in [3.05, 3.63) is 40.3 Å². The van der Waals surface area contributed by atoms with E-state index >= 15 is 0 Å². The Kier molecular flexibility index (Phi) is 4.42. The molecule has 0 aromatic heterocycles. The molecular weight excluding hydrogens is 252 g/mol. The van der Waals surface area contributed by atoms with Gasteiger partial charge in [0.1, 0.15) is 16.5 Å². The highest BCUT2D eigenvalue weighted by atomic mass is 32.2. The lowest BCUT2D eigenvalue weighted by molar-refractivity contribution is 0.552. The first kappa shape index (κ1) is 13.4. The predicted molar refractivity (Wildman–Crippen MR) is 57.0 cm³/mol. The number of hydrogen-bond donors (Lipinski definition) is 0. The van der Waals surface area contributed by atoms with E-state index in [1.165, 1.54) is 0 Å². The highest BCUT2D eigenvalue weighted by Gasteiger charge is 2.19. The van der Waals surface area contributed by atoms with Crippen LogP contribution in [-0.4, -0.2) is 20.7 Å². The second-order valence-electron chi connectivity index (χ2n) is 3.20. The van der Waals surface area contributed by atoms with E-state index in [1.807, 2.05) is 0 Å². The van der Waals surface area contributed by atoms with Crippen LogP contribution in [0, 0.1) is 11.6 Å². The van der Waals surface area contributed by atoms with Crippen LogP contribution in [0.15, 0.2) is 28.2 Å². The van der Waals surface area contributed by atoms with Gasteiger partial charge >= 0.3 is 0 Å². The third-order valence-electron chi connectivity index (χ3n) is 1.96. The molecule has 1 rings (SSSR count). The number of sulfone groups is 1. The van der Waals surface area contributed by atoms with Crippen LogP contribution < -0.4 is 0 Å². The lowest BCUT2D eigenvalue weighted by Crippen LogP contribution is -2.10. The highest BCUT2D eigenvalue weighted by molar-refractivity contribution is 7.91. The molecule has 1 aromatic rings. The van der Waals surface area contributed by atoms with Crippen LogP contribution >= 0.6 is 0 Å². The molecule has 0 aliphatic heterocycles. The summed E-state index contributed by atoms with van der Waals surface area (Å²) in [5.74, 6) is -2.21. The van der Waals surface area contributed by atoms with Crippen molar-refractivity contribution in [1.82, 2.24) is 0 Å². The summed E-state index contributed by atoms with van der Waals surface area (Å²) in [4.78, 5) is 1.79. The molecule has 1 aromatic carbocycles. The molecule has 17 heavy (non-hydrogen) atoms. The van der Waals surface area contributed by atoms with E-state index in [-0.39, 0.29) is 13.0 Å². The van der Waals surface area contributed by atoms with Crippen molar-refractivity contribution in [2.75, 3.05) is 12.3 Å². The molecule has 0 amide bonds. The number of azide groups is 1. The van der Waals surface area contributed by atoms with Gasteiger partial charge < -0.3 is 0 Å². The lowest BCUT2D eigenvalue weighted by atomic mass is 10.3. The smallest absolute Gasteiger partial charge is 0.181 e. The van der Waals surface area contributed by atoms with Crippen LogP contribution in [0.3, 0.4) is 0 Å². The molecule has 0 radical (unpaired) electrons. The molecule has 0 N–H and O–H groups in total. The van der Waals surface area contributed by atoms with Gasteiger partial charge in [-0.1, -0.05) is 5.11 Å². The van der Waals surface area contributed by atoms with E-state index in [0.29, 0.717) is 6.07 Å². The van der Waals surface area contributed by atoms with E-state index < -0.39 is 32.1 Å². The molecule has 8 heteroatoms. The van der Waals surface area contributed by atoms with Crippen molar-refractivity contribution in [1.29, 1.82) is 0 Å². The molecule has 0 unspecified atom stereocenters. The standard InChI is InChI=1S/C9H9F2N3O2S/c10-7-2-3-8(11)9(6-7)17(15,16)5-1-4-13-14-12/h2-3,6H,1,4-5H2. The van der Waals surface area contributed by atoms with E-state index in [4.69, 9.17) is 5.53 Å². The number of rotatable bonds is 5. The molecular formula is C9H9F2N3O2S. The van der Waals surface area contributed by atoms with E-state index in [0.717, 1.165) is 12.1 Å². The number of hydrogen-bond acceptors (Lipinski definition) is 3. The first-order valence-electron chi connectivity index (χ1n) is 4.66. The SMILES string of the molecule is [N-]=[N+]=NCCCS(=O)(=O)c1cc(F)ccc1F. The molecule has 92 valence electrons. The Bertz CT molecular complexity index is 553. The van der Waals surface area contributed by atoms with Crippen molar-refractivity contribution in [3.63, 3.8) is 0 Å². The maximum atomic E-state index is 13.2. The Morgan fingerprint density at radius 3 is 2.71 bits per heavy atom. The van der Waals surface area contributed by atoms with Gasteiger partial charge in [-0.3, -0.25) is 0 Å². The zero-order valence-electron chi connectivity index (χ0n) is 8.68. The fourth-order valence-corrected chi connectivity index (χ4v) is 2.58. The minimum absolute atomic E-state index is 0.00728. The third-order valence-corrected chi connectivity index (χ3v) is 3.77. The van der Waals surface area contributed by atoms with Gasteiger partial charge in [-0.2, -0.15) is 0 Å². The lowest BCUT2D eigenvalue weighted by Gasteiger charge is -2.04.